The SMILES string of the molecule is COc1cccc(NC(=O)CN(C)C(=O)CCNC(=O)c2ccccc2Cl)c1. The lowest BCUT2D eigenvalue weighted by molar-refractivity contribution is -0.133. The highest BCUT2D eigenvalue weighted by atomic mass is 35.5. The maximum Gasteiger partial charge on any atom is 0.252 e. The highest BCUT2D eigenvalue weighted by Gasteiger charge is 2.14. The number of benzene rings is 2. The molecule has 0 aromatic heterocycles. The molecule has 0 spiro atoms. The normalized spacial score (nSPS) is 10.1. The molecule has 7 nitrogen and oxygen atoms in total. The molecule has 0 aliphatic rings. The molecule has 0 unspecified atom stereocenters. The number of hydrogen-bond acceptors (Lipinski definition) is 4. The summed E-state index contributed by atoms with van der Waals surface area (Å²) in [7, 11) is 3.07. The second-order valence-electron chi connectivity index (χ2n) is 6.02. The summed E-state index contributed by atoms with van der Waals surface area (Å²) in [6, 6.07) is 13.6. The zero-order valence-electron chi connectivity index (χ0n) is 15.7. The smallest absolute Gasteiger partial charge is 0.252 e. The van der Waals surface area contributed by atoms with Crippen molar-refractivity contribution < 1.29 is 19.1 Å². The lowest BCUT2D eigenvalue weighted by Gasteiger charge is -2.17. The van der Waals surface area contributed by atoms with E-state index in [1.54, 1.807) is 48.5 Å². The Hall–Kier alpha value is -3.06. The van der Waals surface area contributed by atoms with Gasteiger partial charge in [-0.1, -0.05) is 29.8 Å². The number of carbonyl (C=O) groups excluding carboxylic acids is 3. The van der Waals surface area contributed by atoms with E-state index in [2.05, 4.69) is 10.6 Å². The van der Waals surface area contributed by atoms with Gasteiger partial charge < -0.3 is 20.3 Å². The molecule has 0 saturated heterocycles. The molecule has 0 atom stereocenters. The van der Waals surface area contributed by atoms with Crippen LogP contribution in [0.2, 0.25) is 5.02 Å². The first-order valence-corrected chi connectivity index (χ1v) is 8.99. The number of nitrogens with zero attached hydrogens (tertiary/aromatic N) is 1. The zero-order valence-corrected chi connectivity index (χ0v) is 16.5. The first kappa shape index (κ1) is 21.2. The monoisotopic (exact) mass is 403 g/mol. The maximum absolute atomic E-state index is 12.2. The third kappa shape index (κ3) is 6.28. The third-order valence-corrected chi connectivity index (χ3v) is 4.23. The molecule has 28 heavy (non-hydrogen) atoms. The van der Waals surface area contributed by atoms with Crippen LogP contribution in [0.15, 0.2) is 48.5 Å². The van der Waals surface area contributed by atoms with Crippen molar-refractivity contribution in [3.05, 3.63) is 59.1 Å². The zero-order chi connectivity index (χ0) is 20.5. The minimum Gasteiger partial charge on any atom is -0.497 e. The van der Waals surface area contributed by atoms with Crippen molar-refractivity contribution in [3.8, 4) is 5.75 Å². The van der Waals surface area contributed by atoms with Gasteiger partial charge in [0.15, 0.2) is 0 Å². The van der Waals surface area contributed by atoms with Crippen LogP contribution in [0.4, 0.5) is 5.69 Å². The number of rotatable bonds is 8. The van der Waals surface area contributed by atoms with E-state index in [1.807, 2.05) is 0 Å². The van der Waals surface area contributed by atoms with Crippen LogP contribution in [0.25, 0.3) is 0 Å². The standard InChI is InChI=1S/C20H22ClN3O4/c1-24(13-18(25)23-14-6-5-7-15(12-14)28-2)19(26)10-11-22-20(27)16-8-3-4-9-17(16)21/h3-9,12H,10-11,13H2,1-2H3,(H,22,27)(H,23,25). The topological polar surface area (TPSA) is 87.7 Å². The van der Waals surface area contributed by atoms with Crippen LogP contribution in [0.3, 0.4) is 0 Å². The fraction of sp³-hybridized carbons (Fsp3) is 0.250. The summed E-state index contributed by atoms with van der Waals surface area (Å²) in [6.45, 7) is 0.0409. The lowest BCUT2D eigenvalue weighted by atomic mass is 10.2. The molecule has 3 amide bonds. The van der Waals surface area contributed by atoms with Crippen LogP contribution in [-0.4, -0.2) is 49.9 Å². The molecule has 0 aliphatic carbocycles. The third-order valence-electron chi connectivity index (χ3n) is 3.90. The molecular weight excluding hydrogens is 382 g/mol. The van der Waals surface area contributed by atoms with Crippen molar-refractivity contribution in [1.82, 2.24) is 10.2 Å². The molecule has 148 valence electrons. The van der Waals surface area contributed by atoms with E-state index >= 15 is 0 Å². The number of halogens is 1. The summed E-state index contributed by atoms with van der Waals surface area (Å²) >= 11 is 5.97. The minimum absolute atomic E-state index is 0.0686. The average Bonchev–Trinajstić information content (AvgIpc) is 2.68. The highest BCUT2D eigenvalue weighted by Crippen LogP contribution is 2.16. The van der Waals surface area contributed by atoms with E-state index in [9.17, 15) is 14.4 Å². The predicted octanol–water partition coefficient (Wildman–Crippen LogP) is 2.57. The number of methoxy groups -OCH3 is 1. The molecule has 2 N–H and O–H groups in total. The Morgan fingerprint density at radius 3 is 2.57 bits per heavy atom. The number of ether oxygens (including phenoxy) is 1. The van der Waals surface area contributed by atoms with E-state index in [0.29, 0.717) is 22.0 Å². The fourth-order valence-electron chi connectivity index (χ4n) is 2.42. The first-order valence-electron chi connectivity index (χ1n) is 8.61. The summed E-state index contributed by atoms with van der Waals surface area (Å²) in [5.74, 6) is -0.322. The first-order chi connectivity index (χ1) is 13.4. The molecule has 0 saturated carbocycles. The van der Waals surface area contributed by atoms with Crippen molar-refractivity contribution in [2.75, 3.05) is 32.6 Å². The second-order valence-corrected chi connectivity index (χ2v) is 6.42. The van der Waals surface area contributed by atoms with E-state index in [0.717, 1.165) is 0 Å². The molecule has 2 rings (SSSR count). The molecule has 2 aromatic carbocycles. The van der Waals surface area contributed by atoms with Gasteiger partial charge in [0.2, 0.25) is 11.8 Å². The number of anilines is 1. The van der Waals surface area contributed by atoms with E-state index in [1.165, 1.54) is 19.1 Å². The van der Waals surface area contributed by atoms with Crippen molar-refractivity contribution in [2.45, 2.75) is 6.42 Å². The molecule has 0 bridgehead atoms. The van der Waals surface area contributed by atoms with Gasteiger partial charge >= 0.3 is 0 Å². The maximum atomic E-state index is 12.2. The summed E-state index contributed by atoms with van der Waals surface area (Å²) in [6.07, 6.45) is 0.0686. The van der Waals surface area contributed by atoms with E-state index in [-0.39, 0.29) is 37.2 Å². The minimum atomic E-state index is -0.350. The number of nitrogens with one attached hydrogen (secondary N) is 2. The quantitative estimate of drug-likeness (QED) is 0.709. The van der Waals surface area contributed by atoms with E-state index in [4.69, 9.17) is 16.3 Å². The van der Waals surface area contributed by atoms with Crippen molar-refractivity contribution in [1.29, 1.82) is 0 Å². The Labute approximate surface area is 168 Å². The predicted molar refractivity (Wildman–Crippen MR) is 108 cm³/mol. The lowest BCUT2D eigenvalue weighted by Crippen LogP contribution is -2.37. The van der Waals surface area contributed by atoms with Crippen LogP contribution in [0.5, 0.6) is 5.75 Å². The highest BCUT2D eigenvalue weighted by molar-refractivity contribution is 6.33. The Kier molecular flexibility index (Phi) is 7.83. The molecular formula is C20H22ClN3O4. The van der Waals surface area contributed by atoms with E-state index < -0.39 is 0 Å². The summed E-state index contributed by atoms with van der Waals surface area (Å²) in [5, 5.41) is 5.70. The van der Waals surface area contributed by atoms with Gasteiger partial charge in [-0.3, -0.25) is 14.4 Å². The summed E-state index contributed by atoms with van der Waals surface area (Å²) in [5.41, 5.74) is 0.930. The fourth-order valence-corrected chi connectivity index (χ4v) is 2.64. The molecule has 0 heterocycles. The average molecular weight is 404 g/mol. The number of amides is 3. The van der Waals surface area contributed by atoms with Crippen LogP contribution in [-0.2, 0) is 9.59 Å². The van der Waals surface area contributed by atoms with Crippen molar-refractivity contribution >= 4 is 35.0 Å². The van der Waals surface area contributed by atoms with Crippen LogP contribution in [0, 0.1) is 0 Å². The van der Waals surface area contributed by atoms with Gasteiger partial charge in [0.1, 0.15) is 5.75 Å². The number of hydrogen-bond donors (Lipinski definition) is 2. The Morgan fingerprint density at radius 2 is 1.86 bits per heavy atom. The Bertz CT molecular complexity index is 857. The molecule has 0 fully saturated rings. The Balaban J connectivity index is 1.76. The molecule has 0 radical (unpaired) electrons. The van der Waals surface area contributed by atoms with Crippen LogP contribution >= 0.6 is 11.6 Å². The largest absolute Gasteiger partial charge is 0.497 e. The number of likely N-dealkylation sites (N-methyl/N-ethyl adjacent to an activating group) is 1. The van der Waals surface area contributed by atoms with Crippen molar-refractivity contribution in [2.24, 2.45) is 0 Å². The van der Waals surface area contributed by atoms with Gasteiger partial charge in [-0.05, 0) is 24.3 Å². The number of carbonyl (C=O) groups is 3. The van der Waals surface area contributed by atoms with Crippen molar-refractivity contribution in [3.63, 3.8) is 0 Å². The van der Waals surface area contributed by atoms with Gasteiger partial charge in [-0.25, -0.2) is 0 Å². The van der Waals surface area contributed by atoms with Gasteiger partial charge in [0.25, 0.3) is 5.91 Å². The van der Waals surface area contributed by atoms with Crippen LogP contribution in [0.1, 0.15) is 16.8 Å². The molecule has 2 aromatic rings. The summed E-state index contributed by atoms with van der Waals surface area (Å²) < 4.78 is 5.10. The summed E-state index contributed by atoms with van der Waals surface area (Å²) in [4.78, 5) is 37.6. The molecule has 0 aliphatic heterocycles. The van der Waals surface area contributed by atoms with Gasteiger partial charge in [-0.2, -0.15) is 0 Å². The van der Waals surface area contributed by atoms with Crippen LogP contribution < -0.4 is 15.4 Å². The van der Waals surface area contributed by atoms with Gasteiger partial charge in [0, 0.05) is 31.8 Å². The van der Waals surface area contributed by atoms with Gasteiger partial charge in [0.05, 0.1) is 24.2 Å². The second kappa shape index (κ2) is 10.3. The Morgan fingerprint density at radius 1 is 1.11 bits per heavy atom. The molecule has 8 heteroatoms. The van der Waals surface area contributed by atoms with Gasteiger partial charge in [-0.15, -0.1) is 0 Å².